The fraction of sp³-hybridized carbons (Fsp3) is 0.296. The summed E-state index contributed by atoms with van der Waals surface area (Å²) in [5.74, 6) is 0.900. The normalized spacial score (nSPS) is 10.3. The molecular formula is C27H30N6O2S. The van der Waals surface area contributed by atoms with E-state index >= 15 is 0 Å². The second kappa shape index (κ2) is 13.2. The molecule has 0 aliphatic carbocycles. The molecule has 0 amide bonds. The van der Waals surface area contributed by atoms with Crippen molar-refractivity contribution in [1.82, 2.24) is 20.7 Å². The lowest BCUT2D eigenvalue weighted by molar-refractivity contribution is -0.141. The summed E-state index contributed by atoms with van der Waals surface area (Å²) in [5, 5.41) is 12.5. The van der Waals surface area contributed by atoms with E-state index in [9.17, 15) is 10.1 Å². The summed E-state index contributed by atoms with van der Waals surface area (Å²) in [6.45, 7) is 6.00. The molecule has 0 aliphatic rings. The Morgan fingerprint density at radius 2 is 1.86 bits per heavy atom. The molecule has 0 bridgehead atoms. The van der Waals surface area contributed by atoms with Gasteiger partial charge in [-0.25, -0.2) is 9.97 Å². The molecule has 0 radical (unpaired) electrons. The maximum absolute atomic E-state index is 11.6. The highest BCUT2D eigenvalue weighted by Gasteiger charge is 2.15. The lowest BCUT2D eigenvalue weighted by atomic mass is 9.96. The first-order chi connectivity index (χ1) is 17.4. The van der Waals surface area contributed by atoms with Crippen LogP contribution in [0.15, 0.2) is 48.5 Å². The van der Waals surface area contributed by atoms with Gasteiger partial charge in [0.25, 0.3) is 0 Å². The van der Waals surface area contributed by atoms with Crippen molar-refractivity contribution < 1.29 is 9.53 Å². The van der Waals surface area contributed by atoms with Crippen LogP contribution in [-0.2, 0) is 22.4 Å². The summed E-state index contributed by atoms with van der Waals surface area (Å²) in [6.07, 6.45) is 2.37. The summed E-state index contributed by atoms with van der Waals surface area (Å²) in [5.41, 5.74) is 11.6. The Morgan fingerprint density at radius 1 is 1.11 bits per heavy atom. The largest absolute Gasteiger partial charge is 0.465 e. The van der Waals surface area contributed by atoms with E-state index in [1.165, 1.54) is 0 Å². The van der Waals surface area contributed by atoms with Crippen molar-refractivity contribution in [3.8, 4) is 17.2 Å². The van der Waals surface area contributed by atoms with Crippen LogP contribution in [0.2, 0.25) is 0 Å². The Hall–Kier alpha value is -4.03. The summed E-state index contributed by atoms with van der Waals surface area (Å²) >= 11 is 5.27. The molecular weight excluding hydrogens is 472 g/mol. The van der Waals surface area contributed by atoms with Crippen LogP contribution in [0.4, 0.5) is 5.82 Å². The molecule has 0 spiro atoms. The van der Waals surface area contributed by atoms with Crippen LogP contribution in [0.3, 0.4) is 0 Å². The summed E-state index contributed by atoms with van der Waals surface area (Å²) in [6, 6.07) is 18.0. The molecule has 0 aliphatic heterocycles. The first kappa shape index (κ1) is 26.6. The molecule has 0 fully saturated rings. The number of hydrazine groups is 1. The third-order valence-corrected chi connectivity index (χ3v) is 5.62. The predicted octanol–water partition coefficient (Wildman–Crippen LogP) is 4.22. The van der Waals surface area contributed by atoms with Crippen molar-refractivity contribution in [2.24, 2.45) is 0 Å². The van der Waals surface area contributed by atoms with Gasteiger partial charge in [-0.05, 0) is 55.2 Å². The Balaban J connectivity index is 1.80. The molecule has 1 aromatic heterocycles. The standard InChI is InChI=1S/C27H30N6O2S/c1-4-8-24-23(15-19-11-13-20(14-12-19)22-10-7-6-9-21(22)16-28)26(31-18(3)30-24)32-33-27(36)29-17-25(34)35-5-2/h6-7,9-14H,4-5,8,15,17H2,1-3H3,(H2,29,33,36)(H,30,31,32). The van der Waals surface area contributed by atoms with E-state index in [2.05, 4.69) is 46.3 Å². The van der Waals surface area contributed by atoms with Crippen molar-refractivity contribution in [2.45, 2.75) is 40.0 Å². The fourth-order valence-corrected chi connectivity index (χ4v) is 3.87. The number of hydrogen-bond donors (Lipinski definition) is 3. The minimum Gasteiger partial charge on any atom is -0.465 e. The third-order valence-electron chi connectivity index (χ3n) is 5.38. The van der Waals surface area contributed by atoms with Crippen molar-refractivity contribution in [3.63, 3.8) is 0 Å². The highest BCUT2D eigenvalue weighted by Crippen LogP contribution is 2.26. The minimum absolute atomic E-state index is 0.0284. The van der Waals surface area contributed by atoms with E-state index in [4.69, 9.17) is 21.9 Å². The second-order valence-corrected chi connectivity index (χ2v) is 8.47. The van der Waals surface area contributed by atoms with Crippen molar-refractivity contribution >= 4 is 29.1 Å². The van der Waals surface area contributed by atoms with Crippen LogP contribution in [0.25, 0.3) is 11.1 Å². The number of nitrogens with one attached hydrogen (secondary N) is 3. The molecule has 9 heteroatoms. The molecule has 1 heterocycles. The lowest BCUT2D eigenvalue weighted by Gasteiger charge is -2.18. The average Bonchev–Trinajstić information content (AvgIpc) is 2.88. The SMILES string of the molecule is CCCc1nc(C)nc(NNC(=S)NCC(=O)OCC)c1Cc1ccc(-c2ccccc2C#N)cc1. The van der Waals surface area contributed by atoms with Gasteiger partial charge in [0.05, 0.1) is 18.2 Å². The second-order valence-electron chi connectivity index (χ2n) is 8.06. The lowest BCUT2D eigenvalue weighted by Crippen LogP contribution is -2.42. The maximum Gasteiger partial charge on any atom is 0.325 e. The zero-order valence-electron chi connectivity index (χ0n) is 20.7. The molecule has 2 aromatic carbocycles. The molecule has 3 aromatic rings. The van der Waals surface area contributed by atoms with Crippen LogP contribution < -0.4 is 16.2 Å². The molecule has 8 nitrogen and oxygen atoms in total. The first-order valence-electron chi connectivity index (χ1n) is 11.8. The van der Waals surface area contributed by atoms with E-state index in [-0.39, 0.29) is 17.6 Å². The van der Waals surface area contributed by atoms with Gasteiger partial charge in [-0.2, -0.15) is 5.26 Å². The van der Waals surface area contributed by atoms with Crippen LogP contribution in [0.5, 0.6) is 0 Å². The molecule has 0 saturated heterocycles. The van der Waals surface area contributed by atoms with E-state index in [1.54, 1.807) is 6.92 Å². The number of nitriles is 1. The van der Waals surface area contributed by atoms with Crippen LogP contribution >= 0.6 is 12.2 Å². The van der Waals surface area contributed by atoms with Gasteiger partial charge in [0.2, 0.25) is 0 Å². The monoisotopic (exact) mass is 502 g/mol. The maximum atomic E-state index is 11.6. The average molecular weight is 503 g/mol. The molecule has 3 N–H and O–H groups in total. The van der Waals surface area contributed by atoms with Gasteiger partial charge in [0.15, 0.2) is 10.9 Å². The van der Waals surface area contributed by atoms with E-state index < -0.39 is 0 Å². The highest BCUT2D eigenvalue weighted by molar-refractivity contribution is 7.80. The van der Waals surface area contributed by atoms with E-state index in [1.807, 2.05) is 43.3 Å². The number of esters is 1. The summed E-state index contributed by atoms with van der Waals surface area (Å²) in [4.78, 5) is 20.8. The topological polar surface area (TPSA) is 112 Å². The minimum atomic E-state index is -0.383. The van der Waals surface area contributed by atoms with Crippen LogP contribution in [0.1, 0.15) is 48.5 Å². The van der Waals surface area contributed by atoms with Gasteiger partial charge in [-0.15, -0.1) is 0 Å². The summed E-state index contributed by atoms with van der Waals surface area (Å²) < 4.78 is 4.90. The smallest absolute Gasteiger partial charge is 0.325 e. The highest BCUT2D eigenvalue weighted by atomic mass is 32.1. The van der Waals surface area contributed by atoms with Gasteiger partial charge in [-0.3, -0.25) is 15.6 Å². The number of thiocarbonyl (C=S) groups is 1. The summed E-state index contributed by atoms with van der Waals surface area (Å²) in [7, 11) is 0. The number of anilines is 1. The van der Waals surface area contributed by atoms with E-state index in [0.717, 1.165) is 40.8 Å². The van der Waals surface area contributed by atoms with Crippen molar-refractivity contribution in [3.05, 3.63) is 76.7 Å². The Morgan fingerprint density at radius 3 is 2.56 bits per heavy atom. The molecule has 0 atom stereocenters. The van der Waals surface area contributed by atoms with Crippen molar-refractivity contribution in [1.29, 1.82) is 5.26 Å². The van der Waals surface area contributed by atoms with Gasteiger partial charge in [-0.1, -0.05) is 55.8 Å². The Labute approximate surface area is 217 Å². The van der Waals surface area contributed by atoms with Gasteiger partial charge in [0, 0.05) is 17.7 Å². The Kier molecular flexibility index (Phi) is 9.72. The van der Waals surface area contributed by atoms with E-state index in [0.29, 0.717) is 30.2 Å². The quantitative estimate of drug-likeness (QED) is 0.213. The number of carbonyl (C=O) groups excluding carboxylic acids is 1. The first-order valence-corrected chi connectivity index (χ1v) is 12.3. The zero-order valence-corrected chi connectivity index (χ0v) is 21.5. The number of benzene rings is 2. The zero-order chi connectivity index (χ0) is 25.9. The number of ether oxygens (including phenoxy) is 1. The number of nitrogens with zero attached hydrogens (tertiary/aromatic N) is 3. The predicted molar refractivity (Wildman–Crippen MR) is 144 cm³/mol. The fourth-order valence-electron chi connectivity index (χ4n) is 3.75. The third kappa shape index (κ3) is 7.23. The molecule has 3 rings (SSSR count). The molecule has 36 heavy (non-hydrogen) atoms. The van der Waals surface area contributed by atoms with Gasteiger partial charge in [0.1, 0.15) is 12.4 Å². The Bertz CT molecular complexity index is 1250. The molecule has 186 valence electrons. The molecule has 0 unspecified atom stereocenters. The van der Waals surface area contributed by atoms with Crippen LogP contribution in [-0.4, -0.2) is 34.2 Å². The molecule has 0 saturated carbocycles. The van der Waals surface area contributed by atoms with Gasteiger partial charge >= 0.3 is 5.97 Å². The number of rotatable bonds is 10. The number of carbonyl (C=O) groups is 1. The number of aryl methyl sites for hydroxylation is 2. The van der Waals surface area contributed by atoms with Gasteiger partial charge < -0.3 is 10.1 Å². The number of hydrogen-bond acceptors (Lipinski definition) is 7. The number of aromatic nitrogens is 2. The van der Waals surface area contributed by atoms with Crippen LogP contribution in [0, 0.1) is 18.3 Å². The van der Waals surface area contributed by atoms with Crippen molar-refractivity contribution in [2.75, 3.05) is 18.6 Å².